The van der Waals surface area contributed by atoms with Crippen LogP contribution in [0.1, 0.15) is 22.3 Å². The highest BCUT2D eigenvalue weighted by molar-refractivity contribution is 7.89. The van der Waals surface area contributed by atoms with Crippen LogP contribution in [0.5, 0.6) is 0 Å². The Hall–Kier alpha value is -8.07. The monoisotopic (exact) mass is 954 g/mol. The van der Waals surface area contributed by atoms with Gasteiger partial charge in [0.2, 0.25) is 0 Å². The smallest absolute Gasteiger partial charge is 0.148 e. The lowest BCUT2D eigenvalue weighted by molar-refractivity contribution is 1.13. The third-order valence-electron chi connectivity index (χ3n) is 15.8. The number of aromatic nitrogens is 2. The largest absolute Gasteiger partial charge is 0.236 e. The zero-order valence-corrected chi connectivity index (χ0v) is 42.4. The summed E-state index contributed by atoms with van der Waals surface area (Å²) in [4.78, 5) is 10.2. The van der Waals surface area contributed by atoms with Crippen molar-refractivity contribution in [2.24, 2.45) is 0 Å². The first-order valence-corrected chi connectivity index (χ1v) is 32.8. The number of nitrogens with zero attached hydrogens (tertiary/aromatic N) is 2. The van der Waals surface area contributed by atoms with Crippen LogP contribution in [0.25, 0.3) is 33.6 Å². The van der Waals surface area contributed by atoms with Gasteiger partial charge in [0.25, 0.3) is 0 Å². The molecule has 0 bridgehead atoms. The molecule has 2 aliphatic rings. The number of benzene rings is 10. The second kappa shape index (κ2) is 17.7. The predicted octanol–water partition coefficient (Wildman–Crippen LogP) is 9.35. The Morgan fingerprint density at radius 3 is 1.23 bits per heavy atom. The molecule has 2 aliphatic carbocycles. The van der Waals surface area contributed by atoms with Gasteiger partial charge in [-0.1, -0.05) is 309 Å². The van der Waals surface area contributed by atoms with Crippen molar-refractivity contribution >= 4 is 63.8 Å². The van der Waals surface area contributed by atoms with Crippen molar-refractivity contribution in [1.82, 2.24) is 9.97 Å². The van der Waals surface area contributed by atoms with Gasteiger partial charge < -0.3 is 0 Å². The first-order chi connectivity index (χ1) is 35.2. The zero-order chi connectivity index (χ0) is 47.2. The van der Waals surface area contributed by atoms with Crippen LogP contribution in [-0.4, -0.2) is 32.3 Å². The van der Waals surface area contributed by atoms with Crippen molar-refractivity contribution in [2.75, 3.05) is 0 Å². The van der Waals surface area contributed by atoms with E-state index in [1.807, 2.05) is 0 Å². The molecule has 0 radical (unpaired) electrons. The minimum absolute atomic E-state index is 0.804. The summed E-state index contributed by atoms with van der Waals surface area (Å²) < 4.78 is 0. The van der Waals surface area contributed by atoms with E-state index >= 15 is 0 Å². The van der Waals surface area contributed by atoms with E-state index < -0.39 is 22.3 Å². The fourth-order valence-corrected chi connectivity index (χ4v) is 58.8. The quantitative estimate of drug-likeness (QED) is 0.0955. The Morgan fingerprint density at radius 1 is 0.282 bits per heavy atom. The maximum atomic E-state index is 5.23. The highest BCUT2D eigenvalue weighted by Crippen LogP contribution is 2.41. The normalized spacial score (nSPS) is 12.7. The summed E-state index contributed by atoms with van der Waals surface area (Å²) in [6, 6.07) is 106. The van der Waals surface area contributed by atoms with Gasteiger partial charge in [-0.05, 0) is 39.4 Å². The average Bonchev–Trinajstić information content (AvgIpc) is 4.04. The molecule has 336 valence electrons. The molecular weight excluding hydrogens is 905 g/mol. The van der Waals surface area contributed by atoms with Gasteiger partial charge in [0.1, 0.15) is 28.6 Å². The molecule has 13 rings (SSSR count). The zero-order valence-electron chi connectivity index (χ0n) is 39.4. The van der Waals surface area contributed by atoms with Gasteiger partial charge in [-0.2, -0.15) is 0 Å². The summed E-state index contributed by atoms with van der Waals surface area (Å²) in [5.41, 5.74) is 12.5. The fraction of sp³-hybridized carbons (Fsp3) is 0.0303. The minimum atomic E-state index is -3.65. The molecule has 0 atom stereocenters. The number of rotatable bonds is 11. The van der Waals surface area contributed by atoms with Gasteiger partial charge in [-0.25, -0.2) is 9.97 Å². The Balaban J connectivity index is 1.29. The molecule has 0 amide bonds. The second-order valence-electron chi connectivity index (χ2n) is 19.1. The first kappa shape index (κ1) is 43.0. The van der Waals surface area contributed by atoms with Crippen LogP contribution in [0.4, 0.5) is 0 Å². The highest BCUT2D eigenvalue weighted by atomic mass is 29.6. The van der Waals surface area contributed by atoms with Crippen molar-refractivity contribution in [3.05, 3.63) is 302 Å². The Labute approximate surface area is 419 Å². The molecule has 5 heteroatoms. The van der Waals surface area contributed by atoms with Crippen LogP contribution in [0.3, 0.4) is 0 Å². The SMILES string of the molecule is c1ccc([Si](c2ccccc2)(c2cccc(-c3ncnc4c3Cc3ccccc3-4)c2)[Si](c2ccccc2)(c2ccccc2)[Si](c2ccccc2)(c2ccccc2)c2cccc3c2Cc2ccccc2-3)cc1. The number of hydrogen-bond acceptors (Lipinski definition) is 2. The van der Waals surface area contributed by atoms with Crippen LogP contribution in [0.2, 0.25) is 0 Å². The molecule has 0 spiro atoms. The van der Waals surface area contributed by atoms with Crippen molar-refractivity contribution in [3.8, 4) is 33.6 Å². The van der Waals surface area contributed by atoms with Crippen LogP contribution in [0.15, 0.2) is 279 Å². The van der Waals surface area contributed by atoms with E-state index in [2.05, 4.69) is 273 Å². The van der Waals surface area contributed by atoms with E-state index in [1.54, 1.807) is 6.33 Å². The van der Waals surface area contributed by atoms with E-state index in [0.29, 0.717) is 0 Å². The average molecular weight is 955 g/mol. The summed E-state index contributed by atoms with van der Waals surface area (Å²) >= 11 is 0. The molecule has 0 N–H and O–H groups in total. The van der Waals surface area contributed by atoms with Crippen molar-refractivity contribution in [3.63, 3.8) is 0 Å². The van der Waals surface area contributed by atoms with E-state index in [-0.39, 0.29) is 0 Å². The van der Waals surface area contributed by atoms with Crippen LogP contribution in [-0.2, 0) is 12.8 Å². The Morgan fingerprint density at radius 2 is 0.676 bits per heavy atom. The van der Waals surface area contributed by atoms with Crippen molar-refractivity contribution in [1.29, 1.82) is 0 Å². The molecule has 10 aromatic carbocycles. The van der Waals surface area contributed by atoms with E-state index in [1.165, 1.54) is 80.4 Å². The third-order valence-corrected chi connectivity index (χ3v) is 49.8. The molecule has 0 unspecified atom stereocenters. The van der Waals surface area contributed by atoms with Crippen molar-refractivity contribution < 1.29 is 0 Å². The van der Waals surface area contributed by atoms with E-state index in [4.69, 9.17) is 9.97 Å². The lowest BCUT2D eigenvalue weighted by atomic mass is 10.0. The summed E-state index contributed by atoms with van der Waals surface area (Å²) in [7, 11) is -10.8. The molecule has 11 aromatic rings. The number of fused-ring (bicyclic) bond motifs is 6. The van der Waals surface area contributed by atoms with E-state index in [0.717, 1.165) is 29.8 Å². The molecule has 1 heterocycles. The fourth-order valence-electron chi connectivity index (χ4n) is 13.3. The maximum absolute atomic E-state index is 5.23. The van der Waals surface area contributed by atoms with Gasteiger partial charge >= 0.3 is 0 Å². The van der Waals surface area contributed by atoms with E-state index in [9.17, 15) is 0 Å². The minimum Gasteiger partial charge on any atom is -0.236 e. The molecule has 2 nitrogen and oxygen atoms in total. The van der Waals surface area contributed by atoms with Gasteiger partial charge in [-0.15, -0.1) is 0 Å². The Bertz CT molecular complexity index is 3580. The molecule has 0 fully saturated rings. The topological polar surface area (TPSA) is 25.8 Å². The van der Waals surface area contributed by atoms with Gasteiger partial charge in [0, 0.05) is 23.1 Å². The predicted molar refractivity (Wildman–Crippen MR) is 303 cm³/mol. The molecular formula is C66H50N2Si3. The molecule has 0 saturated heterocycles. The molecule has 71 heavy (non-hydrogen) atoms. The molecule has 0 aliphatic heterocycles. The second-order valence-corrected chi connectivity index (χ2v) is 38.7. The number of hydrogen-bond donors (Lipinski definition) is 0. The van der Waals surface area contributed by atoms with Crippen LogP contribution in [0, 0.1) is 0 Å². The van der Waals surface area contributed by atoms with Crippen molar-refractivity contribution in [2.45, 2.75) is 12.8 Å². The van der Waals surface area contributed by atoms with Gasteiger partial charge in [0.05, 0.1) is 11.4 Å². The first-order valence-electron chi connectivity index (χ1n) is 24.8. The van der Waals surface area contributed by atoms with Crippen LogP contribution >= 0.6 is 0 Å². The summed E-state index contributed by atoms with van der Waals surface area (Å²) in [6.45, 7) is 0. The standard InChI is InChI=1S/C66H50N2Si3/c1-7-28-52(29-8-1)69(53-30-9-2-10-31-53,58-40-23-27-51(45-58)65-63-47-50-26-20-22-42-60(50)66(63)68-48-67-65)71(56-36-15-5-16-37-56,57-38-17-6-18-39-57)70(54-32-11-3-12-33-54,55-34-13-4-14-35-55)64-44-24-43-61-59-41-21-19-25-49(59)46-62(61)64/h1-45,48H,46-47H2. The molecule has 1 aromatic heterocycles. The highest BCUT2D eigenvalue weighted by Gasteiger charge is 2.73. The van der Waals surface area contributed by atoms with Gasteiger partial charge in [0.15, 0.2) is 0 Å². The third kappa shape index (κ3) is 6.43. The summed E-state index contributed by atoms with van der Waals surface area (Å²) in [5.74, 6) is 0. The lowest BCUT2D eigenvalue weighted by Crippen LogP contribution is -3.04. The molecule has 0 saturated carbocycles. The van der Waals surface area contributed by atoms with Gasteiger partial charge in [-0.3, -0.25) is 0 Å². The Kier molecular flexibility index (Phi) is 10.7. The summed E-state index contributed by atoms with van der Waals surface area (Å²) in [5, 5.41) is 11.5. The maximum Gasteiger partial charge on any atom is 0.148 e. The lowest BCUT2D eigenvalue weighted by Gasteiger charge is -2.59. The van der Waals surface area contributed by atoms with Crippen LogP contribution < -0.4 is 41.5 Å². The summed E-state index contributed by atoms with van der Waals surface area (Å²) in [6.07, 6.45) is 3.47.